The van der Waals surface area contributed by atoms with E-state index in [4.69, 9.17) is 9.47 Å². The van der Waals surface area contributed by atoms with Crippen molar-refractivity contribution in [2.45, 2.75) is 27.7 Å². The molecule has 0 fully saturated rings. The lowest BCUT2D eigenvalue weighted by Crippen LogP contribution is -2.08. The molecule has 3 aromatic rings. The smallest absolute Gasteiger partial charge is 0.341 e. The summed E-state index contributed by atoms with van der Waals surface area (Å²) in [6, 6.07) is 13.1. The van der Waals surface area contributed by atoms with Crippen molar-refractivity contribution in [2.75, 3.05) is 18.5 Å². The Labute approximate surface area is 179 Å². The Hall–Kier alpha value is -3.19. The second-order valence-corrected chi connectivity index (χ2v) is 7.54. The van der Waals surface area contributed by atoms with Gasteiger partial charge >= 0.3 is 11.9 Å². The van der Waals surface area contributed by atoms with E-state index in [9.17, 15) is 9.59 Å². The molecule has 0 amide bonds. The number of carbonyl (C=O) groups is 2. The van der Waals surface area contributed by atoms with Crippen LogP contribution in [0.2, 0.25) is 0 Å². The number of hydrogen-bond acceptors (Lipinski definition) is 7. The minimum atomic E-state index is -0.393. The Kier molecular flexibility index (Phi) is 6.84. The fourth-order valence-corrected chi connectivity index (χ4v) is 4.24. The Morgan fingerprint density at radius 2 is 1.63 bits per heavy atom. The Balaban J connectivity index is 2.05. The lowest BCUT2D eigenvalue weighted by atomic mass is 10.1. The molecule has 0 aliphatic rings. The van der Waals surface area contributed by atoms with Crippen molar-refractivity contribution in [2.24, 2.45) is 0 Å². The molecule has 0 atom stereocenters. The molecule has 1 N–H and O–H groups in total. The minimum Gasteiger partial charge on any atom is -0.462 e. The molecule has 0 saturated heterocycles. The first-order chi connectivity index (χ1) is 14.5. The molecule has 0 saturated carbocycles. The highest BCUT2D eigenvalue weighted by Gasteiger charge is 2.24. The molecule has 0 aliphatic heterocycles. The number of benzene rings is 1. The van der Waals surface area contributed by atoms with Gasteiger partial charge in [-0.3, -0.25) is 4.98 Å². The van der Waals surface area contributed by atoms with Gasteiger partial charge in [0, 0.05) is 5.69 Å². The summed E-state index contributed by atoms with van der Waals surface area (Å²) in [5, 5.41) is 4.02. The minimum absolute atomic E-state index is 0.291. The summed E-state index contributed by atoms with van der Waals surface area (Å²) in [5.74, 6) is -0.772. The van der Waals surface area contributed by atoms with E-state index in [2.05, 4.69) is 10.3 Å². The third kappa shape index (κ3) is 4.52. The van der Waals surface area contributed by atoms with E-state index in [0.717, 1.165) is 16.1 Å². The molecule has 0 radical (unpaired) electrons. The first kappa shape index (κ1) is 21.5. The summed E-state index contributed by atoms with van der Waals surface area (Å²) in [4.78, 5) is 30.2. The maximum atomic E-state index is 12.7. The maximum Gasteiger partial charge on any atom is 0.341 e. The van der Waals surface area contributed by atoms with Gasteiger partial charge in [-0.05, 0) is 57.5 Å². The molecule has 6 nitrogen and oxygen atoms in total. The normalized spacial score (nSPS) is 10.5. The van der Waals surface area contributed by atoms with Gasteiger partial charge < -0.3 is 14.8 Å². The molecular weight excluding hydrogens is 400 g/mol. The van der Waals surface area contributed by atoms with Crippen molar-refractivity contribution < 1.29 is 19.1 Å². The van der Waals surface area contributed by atoms with Crippen LogP contribution in [-0.4, -0.2) is 30.1 Å². The second kappa shape index (κ2) is 9.54. The summed E-state index contributed by atoms with van der Waals surface area (Å²) >= 11 is 1.43. The summed E-state index contributed by atoms with van der Waals surface area (Å²) in [6.07, 6.45) is 0. The highest BCUT2D eigenvalue weighted by Crippen LogP contribution is 2.41. The largest absolute Gasteiger partial charge is 0.462 e. The van der Waals surface area contributed by atoms with Crippen LogP contribution in [0.15, 0.2) is 42.5 Å². The van der Waals surface area contributed by atoms with Crippen molar-refractivity contribution in [1.29, 1.82) is 0 Å². The number of ether oxygens (including phenoxy) is 2. The van der Waals surface area contributed by atoms with E-state index in [0.29, 0.717) is 40.7 Å². The van der Waals surface area contributed by atoms with E-state index in [1.54, 1.807) is 32.9 Å². The fraction of sp³-hybridized carbons (Fsp3) is 0.261. The number of nitrogens with zero attached hydrogens (tertiary/aromatic N) is 1. The van der Waals surface area contributed by atoms with Gasteiger partial charge in [0.25, 0.3) is 0 Å². The third-order valence-electron chi connectivity index (χ3n) is 4.47. The van der Waals surface area contributed by atoms with Gasteiger partial charge in [0.15, 0.2) is 0 Å². The van der Waals surface area contributed by atoms with Crippen LogP contribution < -0.4 is 5.32 Å². The van der Waals surface area contributed by atoms with E-state index in [1.807, 2.05) is 37.3 Å². The number of esters is 2. The van der Waals surface area contributed by atoms with E-state index < -0.39 is 5.97 Å². The molecule has 156 valence electrons. The predicted molar refractivity (Wildman–Crippen MR) is 119 cm³/mol. The average Bonchev–Trinajstić information content (AvgIpc) is 3.04. The lowest BCUT2D eigenvalue weighted by molar-refractivity contribution is 0.0516. The molecule has 3 rings (SSSR count). The number of carbonyl (C=O) groups excluding carboxylic acids is 2. The van der Waals surface area contributed by atoms with Crippen LogP contribution in [0.25, 0.3) is 10.6 Å². The molecule has 0 unspecified atom stereocenters. The SMILES string of the molecule is CCOC(=O)c1ccc(-c2sc(Nc3ccccc3)c(C(=O)OCC)c2C)nc1C. The molecule has 2 heterocycles. The third-order valence-corrected chi connectivity index (χ3v) is 5.70. The van der Waals surface area contributed by atoms with Gasteiger partial charge in [0.2, 0.25) is 0 Å². The molecule has 2 aromatic heterocycles. The number of nitrogens with one attached hydrogen (secondary N) is 1. The van der Waals surface area contributed by atoms with Gasteiger partial charge in [-0.2, -0.15) is 0 Å². The van der Waals surface area contributed by atoms with Gasteiger partial charge in [-0.1, -0.05) is 18.2 Å². The van der Waals surface area contributed by atoms with Crippen molar-refractivity contribution in [3.63, 3.8) is 0 Å². The van der Waals surface area contributed by atoms with Crippen LogP contribution in [0.5, 0.6) is 0 Å². The van der Waals surface area contributed by atoms with Crippen molar-refractivity contribution in [3.8, 4) is 10.6 Å². The number of aryl methyl sites for hydroxylation is 1. The van der Waals surface area contributed by atoms with Crippen LogP contribution in [0.4, 0.5) is 10.7 Å². The summed E-state index contributed by atoms with van der Waals surface area (Å²) in [7, 11) is 0. The van der Waals surface area contributed by atoms with Gasteiger partial charge in [0.1, 0.15) is 5.00 Å². The van der Waals surface area contributed by atoms with Crippen molar-refractivity contribution in [3.05, 3.63) is 64.8 Å². The van der Waals surface area contributed by atoms with Crippen LogP contribution in [0, 0.1) is 13.8 Å². The van der Waals surface area contributed by atoms with Crippen LogP contribution in [-0.2, 0) is 9.47 Å². The number of hydrogen-bond donors (Lipinski definition) is 1. The van der Waals surface area contributed by atoms with Gasteiger partial charge in [-0.15, -0.1) is 11.3 Å². The maximum absolute atomic E-state index is 12.7. The zero-order chi connectivity index (χ0) is 21.7. The van der Waals surface area contributed by atoms with Crippen LogP contribution >= 0.6 is 11.3 Å². The Bertz CT molecular complexity index is 1060. The zero-order valence-corrected chi connectivity index (χ0v) is 18.3. The zero-order valence-electron chi connectivity index (χ0n) is 17.4. The number of pyridine rings is 1. The van der Waals surface area contributed by atoms with Crippen LogP contribution in [0.3, 0.4) is 0 Å². The number of para-hydroxylation sites is 1. The van der Waals surface area contributed by atoms with Crippen molar-refractivity contribution >= 4 is 34.0 Å². The standard InChI is InChI=1S/C23H24N2O4S/c1-5-28-22(26)17-12-13-18(24-15(17)4)20-14(3)19(23(27)29-6-2)21(30-20)25-16-10-8-7-9-11-16/h7-13,25H,5-6H2,1-4H3. The van der Waals surface area contributed by atoms with E-state index >= 15 is 0 Å². The van der Waals surface area contributed by atoms with Crippen LogP contribution in [0.1, 0.15) is 45.8 Å². The fourth-order valence-electron chi connectivity index (χ4n) is 3.06. The highest BCUT2D eigenvalue weighted by molar-refractivity contribution is 7.20. The monoisotopic (exact) mass is 424 g/mol. The topological polar surface area (TPSA) is 77.5 Å². The molecule has 0 aliphatic carbocycles. The molecular formula is C23H24N2O4S. The highest BCUT2D eigenvalue weighted by atomic mass is 32.1. The van der Waals surface area contributed by atoms with Gasteiger partial charge in [-0.25, -0.2) is 9.59 Å². The Morgan fingerprint density at radius 3 is 2.27 bits per heavy atom. The Morgan fingerprint density at radius 1 is 0.967 bits per heavy atom. The quantitative estimate of drug-likeness (QED) is 0.503. The molecule has 0 spiro atoms. The predicted octanol–water partition coefficient (Wildman–Crippen LogP) is 5.52. The molecule has 0 bridgehead atoms. The lowest BCUT2D eigenvalue weighted by Gasteiger charge is -2.08. The number of rotatable bonds is 7. The summed E-state index contributed by atoms with van der Waals surface area (Å²) in [5.41, 5.74) is 3.85. The molecule has 7 heteroatoms. The molecule has 30 heavy (non-hydrogen) atoms. The van der Waals surface area contributed by atoms with Gasteiger partial charge in [0.05, 0.1) is 40.6 Å². The number of anilines is 2. The summed E-state index contributed by atoms with van der Waals surface area (Å²) in [6.45, 7) is 7.80. The van der Waals surface area contributed by atoms with Crippen molar-refractivity contribution in [1.82, 2.24) is 4.98 Å². The number of aromatic nitrogens is 1. The summed E-state index contributed by atoms with van der Waals surface area (Å²) < 4.78 is 10.4. The first-order valence-corrected chi connectivity index (χ1v) is 10.6. The van der Waals surface area contributed by atoms with E-state index in [-0.39, 0.29) is 5.97 Å². The number of thiophene rings is 1. The van der Waals surface area contributed by atoms with E-state index in [1.165, 1.54) is 11.3 Å². The first-order valence-electron chi connectivity index (χ1n) is 9.73. The average molecular weight is 425 g/mol. The molecule has 1 aromatic carbocycles. The second-order valence-electron chi connectivity index (χ2n) is 6.52.